The average molecular weight is 269 g/mol. The molecule has 3 N–H and O–H groups in total. The van der Waals surface area contributed by atoms with Crippen LogP contribution in [0.3, 0.4) is 0 Å². The zero-order chi connectivity index (χ0) is 13.3. The largest absolute Gasteiger partial charge is 0.324 e. The van der Waals surface area contributed by atoms with Crippen LogP contribution in [0.1, 0.15) is 20.3 Å². The SMILES string of the molecule is CC1CC(C)N(S(=O)(=O)c2ccc(NN)cc2)C1. The van der Waals surface area contributed by atoms with Gasteiger partial charge in [-0.3, -0.25) is 5.84 Å². The van der Waals surface area contributed by atoms with Crippen molar-refractivity contribution in [1.82, 2.24) is 4.31 Å². The first-order valence-corrected chi connectivity index (χ1v) is 7.47. The van der Waals surface area contributed by atoms with Crippen molar-refractivity contribution in [2.75, 3.05) is 12.0 Å². The van der Waals surface area contributed by atoms with Crippen molar-refractivity contribution in [3.63, 3.8) is 0 Å². The van der Waals surface area contributed by atoms with Crippen LogP contribution in [0.15, 0.2) is 29.2 Å². The quantitative estimate of drug-likeness (QED) is 0.642. The molecular weight excluding hydrogens is 250 g/mol. The summed E-state index contributed by atoms with van der Waals surface area (Å²) >= 11 is 0. The number of benzene rings is 1. The minimum Gasteiger partial charge on any atom is -0.324 e. The molecule has 2 rings (SSSR count). The number of rotatable bonds is 3. The van der Waals surface area contributed by atoms with Gasteiger partial charge in [0.15, 0.2) is 0 Å². The first-order valence-electron chi connectivity index (χ1n) is 6.03. The highest BCUT2D eigenvalue weighted by atomic mass is 32.2. The van der Waals surface area contributed by atoms with Crippen molar-refractivity contribution in [2.24, 2.45) is 11.8 Å². The molecule has 100 valence electrons. The van der Waals surface area contributed by atoms with Crippen LogP contribution in [0.2, 0.25) is 0 Å². The van der Waals surface area contributed by atoms with Crippen LogP contribution >= 0.6 is 0 Å². The Morgan fingerprint density at radius 2 is 1.89 bits per heavy atom. The molecule has 18 heavy (non-hydrogen) atoms. The van der Waals surface area contributed by atoms with Crippen LogP contribution < -0.4 is 11.3 Å². The van der Waals surface area contributed by atoms with Gasteiger partial charge < -0.3 is 5.43 Å². The molecule has 2 atom stereocenters. The van der Waals surface area contributed by atoms with E-state index in [1.807, 2.05) is 6.92 Å². The molecule has 1 heterocycles. The number of nitrogens with zero attached hydrogens (tertiary/aromatic N) is 1. The van der Waals surface area contributed by atoms with E-state index in [1.165, 1.54) is 0 Å². The minimum absolute atomic E-state index is 0.0670. The van der Waals surface area contributed by atoms with Gasteiger partial charge in [0.1, 0.15) is 0 Å². The summed E-state index contributed by atoms with van der Waals surface area (Å²) in [4.78, 5) is 0.322. The van der Waals surface area contributed by atoms with Crippen LogP contribution in [-0.4, -0.2) is 25.3 Å². The Balaban J connectivity index is 2.30. The lowest BCUT2D eigenvalue weighted by Crippen LogP contribution is -2.33. The van der Waals surface area contributed by atoms with Gasteiger partial charge in [-0.15, -0.1) is 0 Å². The zero-order valence-corrected chi connectivity index (χ0v) is 11.4. The maximum atomic E-state index is 12.5. The van der Waals surface area contributed by atoms with Gasteiger partial charge in [-0.2, -0.15) is 4.31 Å². The lowest BCUT2D eigenvalue weighted by Gasteiger charge is -2.21. The molecule has 2 unspecified atom stereocenters. The molecule has 0 amide bonds. The number of nitrogen functional groups attached to an aromatic ring is 1. The summed E-state index contributed by atoms with van der Waals surface area (Å²) < 4.78 is 26.5. The summed E-state index contributed by atoms with van der Waals surface area (Å²) in [6, 6.07) is 6.56. The molecule has 1 aliphatic heterocycles. The number of nitrogens with two attached hydrogens (primary N) is 1. The number of anilines is 1. The van der Waals surface area contributed by atoms with E-state index >= 15 is 0 Å². The first kappa shape index (κ1) is 13.3. The van der Waals surface area contributed by atoms with Gasteiger partial charge >= 0.3 is 0 Å². The van der Waals surface area contributed by atoms with Gasteiger partial charge in [-0.25, -0.2) is 8.42 Å². The van der Waals surface area contributed by atoms with Crippen molar-refractivity contribution in [2.45, 2.75) is 31.2 Å². The number of hydrogen-bond donors (Lipinski definition) is 2. The predicted octanol–water partition coefficient (Wildman–Crippen LogP) is 1.39. The Kier molecular flexibility index (Phi) is 3.61. The molecule has 0 aliphatic carbocycles. The molecule has 1 aromatic carbocycles. The molecule has 5 nitrogen and oxygen atoms in total. The van der Waals surface area contributed by atoms with Crippen LogP contribution in [0, 0.1) is 5.92 Å². The van der Waals surface area contributed by atoms with Crippen molar-refractivity contribution in [3.05, 3.63) is 24.3 Å². The van der Waals surface area contributed by atoms with Gasteiger partial charge in [0.2, 0.25) is 10.0 Å². The van der Waals surface area contributed by atoms with Crippen LogP contribution in [-0.2, 0) is 10.0 Å². The number of nitrogens with one attached hydrogen (secondary N) is 1. The lowest BCUT2D eigenvalue weighted by atomic mass is 10.1. The molecule has 1 fully saturated rings. The summed E-state index contributed by atoms with van der Waals surface area (Å²) in [6.07, 6.45) is 0.918. The van der Waals surface area contributed by atoms with Gasteiger partial charge in [0.05, 0.1) is 4.90 Å². The Morgan fingerprint density at radius 3 is 2.33 bits per heavy atom. The fourth-order valence-electron chi connectivity index (χ4n) is 2.46. The van der Waals surface area contributed by atoms with Gasteiger partial charge in [-0.1, -0.05) is 6.92 Å². The molecule has 0 aromatic heterocycles. The molecule has 1 saturated heterocycles. The molecule has 1 aromatic rings. The summed E-state index contributed by atoms with van der Waals surface area (Å²) in [5.41, 5.74) is 3.17. The van der Waals surface area contributed by atoms with E-state index in [4.69, 9.17) is 5.84 Å². The fraction of sp³-hybridized carbons (Fsp3) is 0.500. The van der Waals surface area contributed by atoms with E-state index in [1.54, 1.807) is 28.6 Å². The smallest absolute Gasteiger partial charge is 0.243 e. The van der Waals surface area contributed by atoms with Gasteiger partial charge in [0.25, 0.3) is 0 Å². The Labute approximate surface area is 108 Å². The normalized spacial score (nSPS) is 25.3. The van der Waals surface area contributed by atoms with Crippen LogP contribution in [0.25, 0.3) is 0 Å². The van der Waals surface area contributed by atoms with E-state index in [9.17, 15) is 8.42 Å². The second-order valence-electron chi connectivity index (χ2n) is 4.93. The monoisotopic (exact) mass is 269 g/mol. The highest BCUT2D eigenvalue weighted by Gasteiger charge is 2.35. The van der Waals surface area contributed by atoms with Crippen molar-refractivity contribution in [3.8, 4) is 0 Å². The molecule has 0 saturated carbocycles. The van der Waals surface area contributed by atoms with Gasteiger partial charge in [-0.05, 0) is 43.5 Å². The fourth-order valence-corrected chi connectivity index (χ4v) is 4.22. The highest BCUT2D eigenvalue weighted by molar-refractivity contribution is 7.89. The van der Waals surface area contributed by atoms with E-state index in [0.29, 0.717) is 23.0 Å². The van der Waals surface area contributed by atoms with E-state index < -0.39 is 10.0 Å². The molecule has 1 aliphatic rings. The zero-order valence-electron chi connectivity index (χ0n) is 10.6. The second-order valence-corrected chi connectivity index (χ2v) is 6.82. The second kappa shape index (κ2) is 4.87. The Bertz CT molecular complexity index is 513. The first-order chi connectivity index (χ1) is 8.45. The third-order valence-electron chi connectivity index (χ3n) is 3.35. The third-order valence-corrected chi connectivity index (χ3v) is 5.35. The summed E-state index contributed by atoms with van der Waals surface area (Å²) in [7, 11) is -3.38. The predicted molar refractivity (Wildman–Crippen MR) is 71.4 cm³/mol. The van der Waals surface area contributed by atoms with Crippen LogP contribution in [0.5, 0.6) is 0 Å². The molecule has 0 bridgehead atoms. The number of sulfonamides is 1. The number of hydrazine groups is 1. The standard InChI is InChI=1S/C12H19N3O2S/c1-9-7-10(2)15(8-9)18(16,17)12-5-3-11(14-13)4-6-12/h3-6,9-10,14H,7-8,13H2,1-2H3. The molecule has 0 radical (unpaired) electrons. The maximum absolute atomic E-state index is 12.5. The molecule has 0 spiro atoms. The summed E-state index contributed by atoms with van der Waals surface area (Å²) in [5, 5.41) is 0. The number of hydrogen-bond acceptors (Lipinski definition) is 4. The van der Waals surface area contributed by atoms with Crippen LogP contribution in [0.4, 0.5) is 5.69 Å². The lowest BCUT2D eigenvalue weighted by molar-refractivity contribution is 0.405. The Morgan fingerprint density at radius 1 is 1.28 bits per heavy atom. The van der Waals surface area contributed by atoms with E-state index in [0.717, 1.165) is 6.42 Å². The van der Waals surface area contributed by atoms with E-state index in [-0.39, 0.29) is 6.04 Å². The molecular formula is C12H19N3O2S. The third kappa shape index (κ3) is 2.36. The highest BCUT2D eigenvalue weighted by Crippen LogP contribution is 2.29. The Hall–Kier alpha value is -1.11. The maximum Gasteiger partial charge on any atom is 0.243 e. The van der Waals surface area contributed by atoms with E-state index in [2.05, 4.69) is 12.3 Å². The van der Waals surface area contributed by atoms with Gasteiger partial charge in [0, 0.05) is 18.3 Å². The molecule has 6 heteroatoms. The summed E-state index contributed by atoms with van der Waals surface area (Å²) in [6.45, 7) is 4.63. The van der Waals surface area contributed by atoms with Crippen molar-refractivity contribution in [1.29, 1.82) is 0 Å². The summed E-state index contributed by atoms with van der Waals surface area (Å²) in [5.74, 6) is 5.68. The average Bonchev–Trinajstić information content (AvgIpc) is 2.69. The minimum atomic E-state index is -3.38. The van der Waals surface area contributed by atoms with Crippen molar-refractivity contribution >= 4 is 15.7 Å². The topological polar surface area (TPSA) is 75.4 Å². The van der Waals surface area contributed by atoms with Crippen molar-refractivity contribution < 1.29 is 8.42 Å².